The third-order valence-corrected chi connectivity index (χ3v) is 3.01. The molecule has 0 aromatic heterocycles. The van der Waals surface area contributed by atoms with E-state index in [1.807, 2.05) is 6.92 Å². The predicted molar refractivity (Wildman–Crippen MR) is 69.0 cm³/mol. The molecule has 0 aromatic rings. The van der Waals surface area contributed by atoms with Gasteiger partial charge in [-0.15, -0.1) is 0 Å². The molecule has 1 aliphatic rings. The molecule has 4 nitrogen and oxygen atoms in total. The van der Waals surface area contributed by atoms with Crippen LogP contribution in [0, 0.1) is 0 Å². The maximum Gasteiger partial charge on any atom is 0.324 e. The third-order valence-electron chi connectivity index (χ3n) is 3.01. The number of carbonyl (C=O) groups excluding carboxylic acids is 1. The Labute approximate surface area is 105 Å². The third kappa shape index (κ3) is 5.50. The van der Waals surface area contributed by atoms with Gasteiger partial charge in [0.15, 0.2) is 0 Å². The molecule has 0 radical (unpaired) electrons. The fourth-order valence-electron chi connectivity index (χ4n) is 1.93. The van der Waals surface area contributed by atoms with Gasteiger partial charge in [-0.2, -0.15) is 0 Å². The molecule has 0 aromatic carbocycles. The number of nitrogens with one attached hydrogen (secondary N) is 1. The summed E-state index contributed by atoms with van der Waals surface area (Å²) in [7, 11) is 0. The van der Waals surface area contributed by atoms with Crippen LogP contribution < -0.4 is 5.32 Å². The molecule has 0 heterocycles. The lowest BCUT2D eigenvalue weighted by atomic mass is 10.2. The van der Waals surface area contributed by atoms with Crippen LogP contribution in [0.5, 0.6) is 0 Å². The zero-order chi connectivity index (χ0) is 12.7. The Morgan fingerprint density at radius 3 is 2.59 bits per heavy atom. The van der Waals surface area contributed by atoms with Crippen LogP contribution in [0.3, 0.4) is 0 Å². The van der Waals surface area contributed by atoms with Gasteiger partial charge < -0.3 is 15.0 Å². The highest BCUT2D eigenvalue weighted by molar-refractivity contribution is 5.76. The van der Waals surface area contributed by atoms with Gasteiger partial charge in [0.05, 0.1) is 6.61 Å². The molecule has 1 saturated carbocycles. The van der Waals surface area contributed by atoms with Crippen LogP contribution in [0.25, 0.3) is 0 Å². The molecule has 17 heavy (non-hydrogen) atoms. The van der Waals surface area contributed by atoms with Crippen molar-refractivity contribution in [2.45, 2.75) is 52.1 Å². The smallest absolute Gasteiger partial charge is 0.324 e. The van der Waals surface area contributed by atoms with Crippen molar-refractivity contribution in [1.82, 2.24) is 10.2 Å². The van der Waals surface area contributed by atoms with Crippen molar-refractivity contribution in [3.05, 3.63) is 0 Å². The molecule has 1 aliphatic carbocycles. The first kappa shape index (κ1) is 14.5. The number of hydrogen-bond donors (Lipinski definition) is 1. The Morgan fingerprint density at radius 1 is 1.41 bits per heavy atom. The monoisotopic (exact) mass is 242 g/mol. The molecule has 0 amide bonds. The quantitative estimate of drug-likeness (QED) is 0.621. The summed E-state index contributed by atoms with van der Waals surface area (Å²) in [6.07, 6.45) is 3.50. The van der Waals surface area contributed by atoms with Gasteiger partial charge in [0, 0.05) is 12.6 Å². The van der Waals surface area contributed by atoms with Crippen molar-refractivity contribution in [2.24, 2.45) is 0 Å². The summed E-state index contributed by atoms with van der Waals surface area (Å²) in [4.78, 5) is 14.2. The number of esters is 1. The Balaban J connectivity index is 2.45. The number of likely N-dealkylation sites (N-methyl/N-ethyl adjacent to an activating group) is 1. The average molecular weight is 242 g/mol. The van der Waals surface area contributed by atoms with Crippen LogP contribution in [0.1, 0.15) is 40.0 Å². The van der Waals surface area contributed by atoms with Crippen molar-refractivity contribution in [1.29, 1.82) is 0 Å². The first-order chi connectivity index (χ1) is 8.21. The predicted octanol–water partition coefficient (Wildman–Crippen LogP) is 1.40. The molecule has 1 unspecified atom stereocenters. The van der Waals surface area contributed by atoms with Crippen LogP contribution in [-0.2, 0) is 9.53 Å². The number of nitrogens with zero attached hydrogens (tertiary/aromatic N) is 1. The normalized spacial score (nSPS) is 17.2. The van der Waals surface area contributed by atoms with Gasteiger partial charge in [0.2, 0.25) is 0 Å². The molecule has 4 heteroatoms. The number of rotatable bonds is 9. The Hall–Kier alpha value is -0.610. The summed E-state index contributed by atoms with van der Waals surface area (Å²) < 4.78 is 5.13. The highest BCUT2D eigenvalue weighted by Gasteiger charge is 2.30. The van der Waals surface area contributed by atoms with Crippen molar-refractivity contribution in [2.75, 3.05) is 26.2 Å². The fourth-order valence-corrected chi connectivity index (χ4v) is 1.93. The minimum Gasteiger partial charge on any atom is -0.465 e. The largest absolute Gasteiger partial charge is 0.465 e. The summed E-state index contributed by atoms with van der Waals surface area (Å²) in [5.74, 6) is -0.103. The second-order valence-electron chi connectivity index (χ2n) is 4.64. The lowest BCUT2D eigenvalue weighted by Crippen LogP contribution is -2.48. The molecule has 0 bridgehead atoms. The number of ether oxygens (including phenoxy) is 1. The van der Waals surface area contributed by atoms with Crippen LogP contribution in [-0.4, -0.2) is 49.2 Å². The number of carbonyl (C=O) groups is 1. The lowest BCUT2D eigenvalue weighted by molar-refractivity contribution is -0.146. The van der Waals surface area contributed by atoms with Gasteiger partial charge in [-0.3, -0.25) is 4.79 Å². The van der Waals surface area contributed by atoms with E-state index in [0.717, 1.165) is 26.1 Å². The summed E-state index contributed by atoms with van der Waals surface area (Å²) in [5, 5.41) is 3.38. The van der Waals surface area contributed by atoms with Crippen molar-refractivity contribution < 1.29 is 9.53 Å². The van der Waals surface area contributed by atoms with Crippen molar-refractivity contribution in [3.63, 3.8) is 0 Å². The Morgan fingerprint density at radius 2 is 2.12 bits per heavy atom. The standard InChI is InChI=1S/C13H26N2O2/c1-4-9-15(5-2)10-12(13(16)17-6-3)14-11-7-8-11/h11-12,14H,4-10H2,1-3H3. The molecule has 1 fully saturated rings. The van der Waals surface area contributed by atoms with E-state index in [4.69, 9.17) is 4.74 Å². The van der Waals surface area contributed by atoms with E-state index in [0.29, 0.717) is 12.6 Å². The molecular weight excluding hydrogens is 216 g/mol. The SMILES string of the molecule is CCCN(CC)CC(NC1CC1)C(=O)OCC. The van der Waals surface area contributed by atoms with Crippen molar-refractivity contribution in [3.8, 4) is 0 Å². The van der Waals surface area contributed by atoms with E-state index in [-0.39, 0.29) is 12.0 Å². The van der Waals surface area contributed by atoms with Crippen LogP contribution in [0.15, 0.2) is 0 Å². The Kier molecular flexibility index (Phi) is 6.52. The lowest BCUT2D eigenvalue weighted by Gasteiger charge is -2.25. The van der Waals surface area contributed by atoms with Gasteiger partial charge >= 0.3 is 5.97 Å². The second kappa shape index (κ2) is 7.67. The molecule has 0 spiro atoms. The molecule has 1 atom stereocenters. The molecule has 1 N–H and O–H groups in total. The molecule has 0 aliphatic heterocycles. The molecule has 100 valence electrons. The van der Waals surface area contributed by atoms with E-state index in [9.17, 15) is 4.79 Å². The summed E-state index contributed by atoms with van der Waals surface area (Å²) in [6.45, 7) is 9.40. The first-order valence-electron chi connectivity index (χ1n) is 6.86. The van der Waals surface area contributed by atoms with E-state index >= 15 is 0 Å². The topological polar surface area (TPSA) is 41.6 Å². The molecular formula is C13H26N2O2. The van der Waals surface area contributed by atoms with Gasteiger partial charge in [-0.05, 0) is 39.3 Å². The summed E-state index contributed by atoms with van der Waals surface area (Å²) in [6, 6.07) is 0.374. The minimum absolute atomic E-state index is 0.103. The molecule has 1 rings (SSSR count). The van der Waals surface area contributed by atoms with E-state index in [2.05, 4.69) is 24.1 Å². The zero-order valence-electron chi connectivity index (χ0n) is 11.4. The minimum atomic E-state index is -0.158. The van der Waals surface area contributed by atoms with Crippen LogP contribution >= 0.6 is 0 Å². The average Bonchev–Trinajstić information content (AvgIpc) is 3.11. The highest BCUT2D eigenvalue weighted by atomic mass is 16.5. The van der Waals surface area contributed by atoms with Crippen molar-refractivity contribution >= 4 is 5.97 Å². The van der Waals surface area contributed by atoms with E-state index < -0.39 is 0 Å². The van der Waals surface area contributed by atoms with Gasteiger partial charge in [0.25, 0.3) is 0 Å². The fraction of sp³-hybridized carbons (Fsp3) is 0.923. The van der Waals surface area contributed by atoms with E-state index in [1.54, 1.807) is 0 Å². The molecule has 0 saturated heterocycles. The second-order valence-corrected chi connectivity index (χ2v) is 4.64. The zero-order valence-corrected chi connectivity index (χ0v) is 11.4. The van der Waals surface area contributed by atoms with E-state index in [1.165, 1.54) is 12.8 Å². The first-order valence-corrected chi connectivity index (χ1v) is 6.86. The van der Waals surface area contributed by atoms with Crippen LogP contribution in [0.4, 0.5) is 0 Å². The van der Waals surface area contributed by atoms with Gasteiger partial charge in [-0.1, -0.05) is 13.8 Å². The van der Waals surface area contributed by atoms with Gasteiger partial charge in [0.1, 0.15) is 6.04 Å². The summed E-state index contributed by atoms with van der Waals surface area (Å²) >= 11 is 0. The maximum atomic E-state index is 11.9. The number of hydrogen-bond acceptors (Lipinski definition) is 4. The Bertz CT molecular complexity index is 229. The summed E-state index contributed by atoms with van der Waals surface area (Å²) in [5.41, 5.74) is 0. The maximum absolute atomic E-state index is 11.9. The highest BCUT2D eigenvalue weighted by Crippen LogP contribution is 2.19. The van der Waals surface area contributed by atoms with Crippen LogP contribution in [0.2, 0.25) is 0 Å². The van der Waals surface area contributed by atoms with Gasteiger partial charge in [-0.25, -0.2) is 0 Å².